The summed E-state index contributed by atoms with van der Waals surface area (Å²) < 4.78 is 0. The molecule has 1 amide bonds. The first kappa shape index (κ1) is 12.9. The first-order chi connectivity index (χ1) is 9.19. The Morgan fingerprint density at radius 3 is 2.79 bits per heavy atom. The van der Waals surface area contributed by atoms with Gasteiger partial charge in [-0.2, -0.15) is 0 Å². The van der Waals surface area contributed by atoms with Crippen molar-refractivity contribution < 1.29 is 4.79 Å². The van der Waals surface area contributed by atoms with Crippen molar-refractivity contribution in [3.8, 4) is 0 Å². The van der Waals surface area contributed by atoms with E-state index in [1.54, 1.807) is 18.3 Å². The van der Waals surface area contributed by atoms with Gasteiger partial charge in [0, 0.05) is 29.8 Å². The van der Waals surface area contributed by atoms with Crippen LogP contribution < -0.4 is 16.4 Å². The van der Waals surface area contributed by atoms with Gasteiger partial charge in [0.2, 0.25) is 0 Å². The van der Waals surface area contributed by atoms with Crippen molar-refractivity contribution in [2.45, 2.75) is 6.92 Å². The first-order valence-electron chi connectivity index (χ1n) is 6.06. The number of hydrogen-bond donors (Lipinski definition) is 3. The topological polar surface area (TPSA) is 80.0 Å². The number of nitrogens with zero attached hydrogens (tertiary/aromatic N) is 1. The van der Waals surface area contributed by atoms with E-state index in [9.17, 15) is 4.79 Å². The molecule has 0 saturated heterocycles. The van der Waals surface area contributed by atoms with Gasteiger partial charge in [-0.1, -0.05) is 6.07 Å². The van der Waals surface area contributed by atoms with Gasteiger partial charge >= 0.3 is 0 Å². The second kappa shape index (κ2) is 5.86. The quantitative estimate of drug-likeness (QED) is 0.732. The van der Waals surface area contributed by atoms with Crippen molar-refractivity contribution in [2.75, 3.05) is 17.6 Å². The fraction of sp³-hybridized carbons (Fsp3) is 0.143. The summed E-state index contributed by atoms with van der Waals surface area (Å²) in [6.45, 7) is 2.44. The van der Waals surface area contributed by atoms with E-state index in [2.05, 4.69) is 15.6 Å². The minimum absolute atomic E-state index is 0.182. The maximum atomic E-state index is 11.7. The number of nitrogens with one attached hydrogen (secondary N) is 2. The lowest BCUT2D eigenvalue weighted by atomic mass is 10.2. The van der Waals surface area contributed by atoms with Gasteiger partial charge in [-0.05, 0) is 37.3 Å². The molecule has 0 atom stereocenters. The molecule has 0 spiro atoms. The molecule has 98 valence electrons. The third-order valence-corrected chi connectivity index (χ3v) is 2.51. The minimum atomic E-state index is -0.182. The molecule has 0 unspecified atom stereocenters. The van der Waals surface area contributed by atoms with Crippen LogP contribution in [0.25, 0.3) is 0 Å². The van der Waals surface area contributed by atoms with Crippen LogP contribution in [0.4, 0.5) is 17.1 Å². The number of rotatable bonds is 4. The molecule has 0 aliphatic heterocycles. The highest BCUT2D eigenvalue weighted by atomic mass is 16.1. The van der Waals surface area contributed by atoms with Crippen LogP contribution in [0.3, 0.4) is 0 Å². The van der Waals surface area contributed by atoms with Crippen molar-refractivity contribution in [1.82, 2.24) is 10.3 Å². The molecular weight excluding hydrogens is 240 g/mol. The van der Waals surface area contributed by atoms with Crippen LogP contribution in [-0.4, -0.2) is 17.4 Å². The van der Waals surface area contributed by atoms with Crippen LogP contribution in [0.15, 0.2) is 42.6 Å². The molecule has 0 aliphatic carbocycles. The molecule has 5 nitrogen and oxygen atoms in total. The fourth-order valence-electron chi connectivity index (χ4n) is 1.67. The molecule has 2 aromatic rings. The highest BCUT2D eigenvalue weighted by Gasteiger charge is 2.06. The summed E-state index contributed by atoms with van der Waals surface area (Å²) in [6.07, 6.45) is 1.60. The molecule has 0 saturated carbocycles. The minimum Gasteiger partial charge on any atom is -0.399 e. The molecular formula is C14H16N4O. The maximum absolute atomic E-state index is 11.7. The second-order valence-electron chi connectivity index (χ2n) is 4.04. The standard InChI is InChI=1S/C14H16N4O/c1-2-16-14(19)13-9-12(6-7-17-13)18-11-5-3-4-10(15)8-11/h3-9H,2,15H2,1H3,(H,16,19)(H,17,18). The molecule has 2 rings (SSSR count). The van der Waals surface area contributed by atoms with Crippen LogP contribution in [0.2, 0.25) is 0 Å². The largest absolute Gasteiger partial charge is 0.399 e. The average Bonchev–Trinajstić information content (AvgIpc) is 2.39. The van der Waals surface area contributed by atoms with Crippen LogP contribution in [-0.2, 0) is 0 Å². The van der Waals surface area contributed by atoms with Crippen LogP contribution in [0.5, 0.6) is 0 Å². The van der Waals surface area contributed by atoms with Crippen molar-refractivity contribution in [3.63, 3.8) is 0 Å². The molecule has 0 aliphatic rings. The predicted molar refractivity (Wildman–Crippen MR) is 76.4 cm³/mol. The summed E-state index contributed by atoms with van der Waals surface area (Å²) in [6, 6.07) is 10.9. The summed E-state index contributed by atoms with van der Waals surface area (Å²) in [5, 5.41) is 5.89. The Labute approximate surface area is 111 Å². The zero-order valence-corrected chi connectivity index (χ0v) is 10.7. The SMILES string of the molecule is CCNC(=O)c1cc(Nc2cccc(N)c2)ccn1. The van der Waals surface area contributed by atoms with E-state index in [-0.39, 0.29) is 5.91 Å². The van der Waals surface area contributed by atoms with E-state index in [4.69, 9.17) is 5.73 Å². The number of hydrogen-bond acceptors (Lipinski definition) is 4. The number of anilines is 3. The lowest BCUT2D eigenvalue weighted by Crippen LogP contribution is -2.23. The van der Waals surface area contributed by atoms with E-state index < -0.39 is 0 Å². The second-order valence-corrected chi connectivity index (χ2v) is 4.04. The molecule has 0 fully saturated rings. The highest BCUT2D eigenvalue weighted by molar-refractivity contribution is 5.93. The molecule has 19 heavy (non-hydrogen) atoms. The van der Waals surface area contributed by atoms with Gasteiger partial charge in [-0.15, -0.1) is 0 Å². The Balaban J connectivity index is 2.17. The number of aromatic nitrogens is 1. The van der Waals surface area contributed by atoms with Crippen molar-refractivity contribution in [3.05, 3.63) is 48.3 Å². The highest BCUT2D eigenvalue weighted by Crippen LogP contribution is 2.18. The van der Waals surface area contributed by atoms with Crippen LogP contribution in [0, 0.1) is 0 Å². The number of nitrogen functional groups attached to an aromatic ring is 1. The Morgan fingerprint density at radius 2 is 2.05 bits per heavy atom. The molecule has 0 bridgehead atoms. The normalized spacial score (nSPS) is 9.95. The first-order valence-corrected chi connectivity index (χ1v) is 6.06. The lowest BCUT2D eigenvalue weighted by Gasteiger charge is -2.08. The van der Waals surface area contributed by atoms with Gasteiger partial charge in [-0.25, -0.2) is 0 Å². The summed E-state index contributed by atoms with van der Waals surface area (Å²) in [5.41, 5.74) is 8.44. The van der Waals surface area contributed by atoms with E-state index in [0.29, 0.717) is 17.9 Å². The average molecular weight is 256 g/mol. The van der Waals surface area contributed by atoms with E-state index in [0.717, 1.165) is 11.4 Å². The predicted octanol–water partition coefficient (Wildman–Crippen LogP) is 2.16. The monoisotopic (exact) mass is 256 g/mol. The Kier molecular flexibility index (Phi) is 3.97. The number of benzene rings is 1. The smallest absolute Gasteiger partial charge is 0.269 e. The molecule has 4 N–H and O–H groups in total. The summed E-state index contributed by atoms with van der Waals surface area (Å²) >= 11 is 0. The number of pyridine rings is 1. The van der Waals surface area contributed by atoms with Gasteiger partial charge in [0.25, 0.3) is 5.91 Å². The van der Waals surface area contributed by atoms with Gasteiger partial charge in [-0.3, -0.25) is 9.78 Å². The molecule has 0 radical (unpaired) electrons. The number of amides is 1. The summed E-state index contributed by atoms with van der Waals surface area (Å²) in [5.74, 6) is -0.182. The van der Waals surface area contributed by atoms with Gasteiger partial charge in [0.15, 0.2) is 0 Å². The Hall–Kier alpha value is -2.56. The van der Waals surface area contributed by atoms with E-state index in [1.165, 1.54) is 0 Å². The number of carbonyl (C=O) groups excluding carboxylic acids is 1. The van der Waals surface area contributed by atoms with Crippen molar-refractivity contribution in [2.24, 2.45) is 0 Å². The van der Waals surface area contributed by atoms with E-state index in [1.807, 2.05) is 31.2 Å². The van der Waals surface area contributed by atoms with Gasteiger partial charge in [0.1, 0.15) is 5.69 Å². The maximum Gasteiger partial charge on any atom is 0.269 e. The number of nitrogens with two attached hydrogens (primary N) is 1. The molecule has 5 heteroatoms. The van der Waals surface area contributed by atoms with Gasteiger partial charge in [0.05, 0.1) is 0 Å². The third kappa shape index (κ3) is 3.45. The summed E-state index contributed by atoms with van der Waals surface area (Å²) in [4.78, 5) is 15.7. The molecule has 1 heterocycles. The Bertz CT molecular complexity index is 583. The molecule has 1 aromatic heterocycles. The van der Waals surface area contributed by atoms with Crippen molar-refractivity contribution in [1.29, 1.82) is 0 Å². The molecule has 1 aromatic carbocycles. The Morgan fingerprint density at radius 1 is 1.26 bits per heavy atom. The van der Waals surface area contributed by atoms with Crippen LogP contribution in [0.1, 0.15) is 17.4 Å². The number of carbonyl (C=O) groups is 1. The fourth-order valence-corrected chi connectivity index (χ4v) is 1.67. The lowest BCUT2D eigenvalue weighted by molar-refractivity contribution is 0.0951. The zero-order chi connectivity index (χ0) is 13.7. The van der Waals surface area contributed by atoms with Crippen LogP contribution >= 0.6 is 0 Å². The van der Waals surface area contributed by atoms with E-state index >= 15 is 0 Å². The van der Waals surface area contributed by atoms with Crippen molar-refractivity contribution >= 4 is 23.0 Å². The summed E-state index contributed by atoms with van der Waals surface area (Å²) in [7, 11) is 0. The van der Waals surface area contributed by atoms with Gasteiger partial charge < -0.3 is 16.4 Å². The zero-order valence-electron chi connectivity index (χ0n) is 10.7. The third-order valence-electron chi connectivity index (χ3n) is 2.51.